The molecule has 0 aromatic heterocycles. The van der Waals surface area contributed by atoms with Gasteiger partial charge < -0.3 is 15.1 Å². The summed E-state index contributed by atoms with van der Waals surface area (Å²) >= 11 is 0. The van der Waals surface area contributed by atoms with Gasteiger partial charge in [-0.3, -0.25) is 9.79 Å². The fraction of sp³-hybridized carbons (Fsp3) is 0.556. The highest BCUT2D eigenvalue weighted by atomic mass is 16.2. The Morgan fingerprint density at radius 1 is 1.22 bits per heavy atom. The average molecular weight is 314 g/mol. The van der Waals surface area contributed by atoms with Crippen LogP contribution in [0.25, 0.3) is 0 Å². The van der Waals surface area contributed by atoms with E-state index in [4.69, 9.17) is 0 Å². The minimum Gasteiger partial charge on any atom is -0.356 e. The van der Waals surface area contributed by atoms with Gasteiger partial charge in [-0.15, -0.1) is 0 Å². The van der Waals surface area contributed by atoms with Crippen LogP contribution in [0.15, 0.2) is 29.3 Å². The SMILES string of the molecule is CN=C(NCCCC(=O)N1CCc2ccccc21)N1CCCC1. The lowest BCUT2D eigenvalue weighted by Crippen LogP contribution is -2.40. The number of hydrogen-bond donors (Lipinski definition) is 1. The van der Waals surface area contributed by atoms with Crippen LogP contribution in [0.3, 0.4) is 0 Å². The van der Waals surface area contributed by atoms with E-state index in [1.54, 1.807) is 0 Å². The maximum Gasteiger partial charge on any atom is 0.227 e. The molecular weight excluding hydrogens is 288 g/mol. The molecule has 0 saturated carbocycles. The zero-order chi connectivity index (χ0) is 16.1. The predicted octanol–water partition coefficient (Wildman–Crippen LogP) is 2.03. The molecule has 23 heavy (non-hydrogen) atoms. The van der Waals surface area contributed by atoms with Gasteiger partial charge in [-0.1, -0.05) is 18.2 Å². The topological polar surface area (TPSA) is 47.9 Å². The lowest BCUT2D eigenvalue weighted by atomic mass is 10.2. The van der Waals surface area contributed by atoms with Gasteiger partial charge in [0.1, 0.15) is 0 Å². The molecule has 0 unspecified atom stereocenters. The van der Waals surface area contributed by atoms with E-state index in [-0.39, 0.29) is 5.91 Å². The third-order valence-corrected chi connectivity index (χ3v) is 4.66. The van der Waals surface area contributed by atoms with E-state index in [1.807, 2.05) is 30.1 Å². The molecule has 0 atom stereocenters. The van der Waals surface area contributed by atoms with Crippen LogP contribution in [0.1, 0.15) is 31.2 Å². The van der Waals surface area contributed by atoms with E-state index in [2.05, 4.69) is 21.3 Å². The fourth-order valence-corrected chi connectivity index (χ4v) is 3.43. The molecule has 0 spiro atoms. The second kappa shape index (κ2) is 7.49. The first-order valence-corrected chi connectivity index (χ1v) is 8.63. The normalized spacial score (nSPS) is 17.5. The lowest BCUT2D eigenvalue weighted by molar-refractivity contribution is -0.118. The van der Waals surface area contributed by atoms with Crippen LogP contribution in [0.2, 0.25) is 0 Å². The molecule has 3 rings (SSSR count). The molecule has 0 bridgehead atoms. The van der Waals surface area contributed by atoms with Crippen molar-refractivity contribution < 1.29 is 4.79 Å². The maximum atomic E-state index is 12.4. The third-order valence-electron chi connectivity index (χ3n) is 4.66. The Morgan fingerprint density at radius 2 is 2.00 bits per heavy atom. The number of anilines is 1. The maximum absolute atomic E-state index is 12.4. The van der Waals surface area contributed by atoms with E-state index in [0.717, 1.165) is 50.7 Å². The molecule has 1 saturated heterocycles. The summed E-state index contributed by atoms with van der Waals surface area (Å²) in [6, 6.07) is 8.21. The minimum atomic E-state index is 0.230. The number of nitrogens with zero attached hydrogens (tertiary/aromatic N) is 3. The lowest BCUT2D eigenvalue weighted by Gasteiger charge is -2.21. The van der Waals surface area contributed by atoms with Crippen LogP contribution in [0, 0.1) is 0 Å². The standard InChI is InChI=1S/C18H26N4O/c1-19-18(21-12-4-5-13-21)20-11-6-9-17(23)22-14-10-15-7-2-3-8-16(15)22/h2-3,7-8H,4-6,9-14H2,1H3,(H,19,20). The Hall–Kier alpha value is -2.04. The van der Waals surface area contributed by atoms with Crippen LogP contribution in [0.5, 0.6) is 0 Å². The summed E-state index contributed by atoms with van der Waals surface area (Å²) in [5.74, 6) is 1.20. The van der Waals surface area contributed by atoms with Crippen molar-refractivity contribution in [3.8, 4) is 0 Å². The first kappa shape index (κ1) is 15.8. The second-order valence-corrected chi connectivity index (χ2v) is 6.20. The Labute approximate surface area is 138 Å². The molecule has 2 heterocycles. The fourth-order valence-electron chi connectivity index (χ4n) is 3.43. The van der Waals surface area contributed by atoms with E-state index >= 15 is 0 Å². The monoisotopic (exact) mass is 314 g/mol. The van der Waals surface area contributed by atoms with Crippen molar-refractivity contribution in [2.75, 3.05) is 38.1 Å². The number of amides is 1. The Balaban J connectivity index is 1.43. The number of carbonyl (C=O) groups is 1. The first-order chi connectivity index (χ1) is 11.3. The summed E-state index contributed by atoms with van der Waals surface area (Å²) < 4.78 is 0. The van der Waals surface area contributed by atoms with Crippen LogP contribution in [0.4, 0.5) is 5.69 Å². The number of nitrogens with one attached hydrogen (secondary N) is 1. The highest BCUT2D eigenvalue weighted by Crippen LogP contribution is 2.27. The number of aliphatic imine (C=N–C) groups is 1. The predicted molar refractivity (Wildman–Crippen MR) is 93.9 cm³/mol. The van der Waals surface area contributed by atoms with Gasteiger partial charge in [-0.05, 0) is 37.3 Å². The molecule has 1 aromatic rings. The second-order valence-electron chi connectivity index (χ2n) is 6.20. The number of guanidine groups is 1. The van der Waals surface area contributed by atoms with Gasteiger partial charge in [0.05, 0.1) is 0 Å². The number of likely N-dealkylation sites (tertiary alicyclic amines) is 1. The van der Waals surface area contributed by atoms with Crippen molar-refractivity contribution in [2.24, 2.45) is 4.99 Å². The van der Waals surface area contributed by atoms with Crippen molar-refractivity contribution >= 4 is 17.6 Å². The van der Waals surface area contributed by atoms with Crippen molar-refractivity contribution in [2.45, 2.75) is 32.1 Å². The van der Waals surface area contributed by atoms with Crippen molar-refractivity contribution in [1.82, 2.24) is 10.2 Å². The summed E-state index contributed by atoms with van der Waals surface area (Å²) in [5, 5.41) is 3.38. The number of benzene rings is 1. The zero-order valence-electron chi connectivity index (χ0n) is 13.9. The Bertz CT molecular complexity index is 578. The summed E-state index contributed by atoms with van der Waals surface area (Å²) in [4.78, 5) is 21.0. The summed E-state index contributed by atoms with van der Waals surface area (Å²) in [7, 11) is 1.83. The van der Waals surface area contributed by atoms with Crippen LogP contribution < -0.4 is 10.2 Å². The zero-order valence-corrected chi connectivity index (χ0v) is 13.9. The molecule has 124 valence electrons. The van der Waals surface area contributed by atoms with Crippen molar-refractivity contribution in [3.63, 3.8) is 0 Å². The van der Waals surface area contributed by atoms with Gasteiger partial charge in [0.2, 0.25) is 5.91 Å². The quantitative estimate of drug-likeness (QED) is 0.525. The largest absolute Gasteiger partial charge is 0.356 e. The summed E-state index contributed by atoms with van der Waals surface area (Å²) in [6.07, 6.45) is 4.88. The van der Waals surface area contributed by atoms with E-state index in [1.165, 1.54) is 18.4 Å². The Kier molecular flexibility index (Phi) is 5.16. The first-order valence-electron chi connectivity index (χ1n) is 8.63. The molecule has 0 aliphatic carbocycles. The number of rotatable bonds is 4. The van der Waals surface area contributed by atoms with Gasteiger partial charge in [-0.2, -0.15) is 0 Å². The summed E-state index contributed by atoms with van der Waals surface area (Å²) in [6.45, 7) is 3.79. The van der Waals surface area contributed by atoms with Gasteiger partial charge in [0.25, 0.3) is 0 Å². The van der Waals surface area contributed by atoms with Crippen LogP contribution in [-0.4, -0.2) is 50.0 Å². The molecule has 5 nitrogen and oxygen atoms in total. The molecule has 1 amide bonds. The van der Waals surface area contributed by atoms with E-state index in [0.29, 0.717) is 6.42 Å². The molecule has 5 heteroatoms. The van der Waals surface area contributed by atoms with Gasteiger partial charge >= 0.3 is 0 Å². The van der Waals surface area contributed by atoms with E-state index in [9.17, 15) is 4.79 Å². The molecule has 0 radical (unpaired) electrons. The summed E-state index contributed by atoms with van der Waals surface area (Å²) in [5.41, 5.74) is 2.38. The molecule has 1 N–H and O–H groups in total. The molecule has 1 fully saturated rings. The minimum absolute atomic E-state index is 0.230. The van der Waals surface area contributed by atoms with Crippen molar-refractivity contribution in [1.29, 1.82) is 0 Å². The van der Waals surface area contributed by atoms with Crippen molar-refractivity contribution in [3.05, 3.63) is 29.8 Å². The number of para-hydroxylation sites is 1. The number of hydrogen-bond acceptors (Lipinski definition) is 2. The number of fused-ring (bicyclic) bond motifs is 1. The van der Waals surface area contributed by atoms with Gasteiger partial charge in [0, 0.05) is 45.3 Å². The number of carbonyl (C=O) groups excluding carboxylic acids is 1. The average Bonchev–Trinajstić information content (AvgIpc) is 3.24. The third kappa shape index (κ3) is 3.66. The Morgan fingerprint density at radius 3 is 2.78 bits per heavy atom. The highest BCUT2D eigenvalue weighted by molar-refractivity contribution is 5.95. The van der Waals surface area contributed by atoms with Gasteiger partial charge in [0.15, 0.2) is 5.96 Å². The van der Waals surface area contributed by atoms with Crippen LogP contribution >= 0.6 is 0 Å². The van der Waals surface area contributed by atoms with Crippen LogP contribution in [-0.2, 0) is 11.2 Å². The van der Waals surface area contributed by atoms with E-state index < -0.39 is 0 Å². The molecule has 2 aliphatic heterocycles. The molecular formula is C18H26N4O. The molecule has 2 aliphatic rings. The van der Waals surface area contributed by atoms with Gasteiger partial charge in [-0.25, -0.2) is 0 Å². The smallest absolute Gasteiger partial charge is 0.227 e. The highest BCUT2D eigenvalue weighted by Gasteiger charge is 2.23. The molecule has 1 aromatic carbocycles.